The van der Waals surface area contributed by atoms with Gasteiger partial charge < -0.3 is 0 Å². The summed E-state index contributed by atoms with van der Waals surface area (Å²) >= 11 is 3.37. The van der Waals surface area contributed by atoms with Crippen molar-refractivity contribution in [3.8, 4) is 6.07 Å². The van der Waals surface area contributed by atoms with Gasteiger partial charge in [0.05, 0.1) is 0 Å². The zero-order valence-electron chi connectivity index (χ0n) is 8.07. The Labute approximate surface area is 95.2 Å². The van der Waals surface area contributed by atoms with Gasteiger partial charge in [-0.25, -0.2) is 0 Å². The molecule has 0 radical (unpaired) electrons. The molecule has 3 aromatic rings. The molecule has 0 fully saturated rings. The number of nitrogens with zero attached hydrogens (tertiary/aromatic N) is 1. The first-order valence-electron chi connectivity index (χ1n) is 4.61. The Hall–Kier alpha value is -1.37. The molecule has 0 unspecified atom stereocenters. The van der Waals surface area contributed by atoms with Gasteiger partial charge in [0, 0.05) is 25.0 Å². The van der Waals surface area contributed by atoms with E-state index in [1.807, 2.05) is 6.07 Å². The molecule has 1 nitrogen and oxygen atoms in total. The molecule has 0 saturated heterocycles. The van der Waals surface area contributed by atoms with Crippen molar-refractivity contribution in [1.82, 2.24) is 0 Å². The first kappa shape index (κ1) is 8.90. The molecule has 0 spiro atoms. The summed E-state index contributed by atoms with van der Waals surface area (Å²) in [5.41, 5.74) is 0. The minimum absolute atomic E-state index is 0.793. The van der Waals surface area contributed by atoms with E-state index in [4.69, 9.17) is 5.26 Å². The van der Waals surface area contributed by atoms with Crippen LogP contribution in [0.4, 0.5) is 0 Å². The van der Waals surface area contributed by atoms with E-state index in [0.29, 0.717) is 0 Å². The van der Waals surface area contributed by atoms with Gasteiger partial charge in [-0.2, -0.15) is 5.26 Å². The lowest BCUT2D eigenvalue weighted by atomic mass is 10.2. The maximum absolute atomic E-state index is 8.88. The van der Waals surface area contributed by atoms with Crippen molar-refractivity contribution in [3.05, 3.63) is 34.0 Å². The van der Waals surface area contributed by atoms with E-state index in [0.717, 1.165) is 4.88 Å². The van der Waals surface area contributed by atoms with Crippen molar-refractivity contribution in [2.24, 2.45) is 0 Å². The predicted molar refractivity (Wildman–Crippen MR) is 66.7 cm³/mol. The van der Waals surface area contributed by atoms with Gasteiger partial charge in [0.2, 0.25) is 0 Å². The molecule has 0 atom stereocenters. The van der Waals surface area contributed by atoms with E-state index in [1.54, 1.807) is 22.7 Å². The van der Waals surface area contributed by atoms with Crippen molar-refractivity contribution >= 4 is 42.8 Å². The Morgan fingerprint density at radius 1 is 1.07 bits per heavy atom. The molecule has 72 valence electrons. The monoisotopic (exact) mass is 229 g/mol. The molecule has 0 saturated carbocycles. The maximum Gasteiger partial charge on any atom is 0.110 e. The van der Waals surface area contributed by atoms with E-state index in [2.05, 4.69) is 31.2 Å². The molecule has 3 heteroatoms. The van der Waals surface area contributed by atoms with Crippen molar-refractivity contribution in [2.75, 3.05) is 0 Å². The molecule has 3 rings (SSSR count). The van der Waals surface area contributed by atoms with E-state index in [-0.39, 0.29) is 0 Å². The minimum atomic E-state index is 0.793. The van der Waals surface area contributed by atoms with Crippen LogP contribution in [0.5, 0.6) is 0 Å². The summed E-state index contributed by atoms with van der Waals surface area (Å²) in [5.74, 6) is 0. The molecule has 0 amide bonds. The highest BCUT2D eigenvalue weighted by Gasteiger charge is 2.07. The Kier molecular flexibility index (Phi) is 1.82. The first-order chi connectivity index (χ1) is 7.28. The minimum Gasteiger partial charge on any atom is -0.192 e. The summed E-state index contributed by atoms with van der Waals surface area (Å²) in [4.78, 5) is 2.11. The van der Waals surface area contributed by atoms with Gasteiger partial charge in [0.25, 0.3) is 0 Å². The number of hydrogen-bond donors (Lipinski definition) is 0. The standard InChI is InChI=1S/C12H7NS2/c1-7-4-9-10-5-8(6-13)15-12(10)3-2-11(9)14-7/h2-5H,1H3. The van der Waals surface area contributed by atoms with Crippen molar-refractivity contribution in [2.45, 2.75) is 6.92 Å². The molecule has 0 aliphatic heterocycles. The van der Waals surface area contributed by atoms with Gasteiger partial charge in [-0.3, -0.25) is 0 Å². The van der Waals surface area contributed by atoms with Gasteiger partial charge in [0.1, 0.15) is 10.9 Å². The third kappa shape index (κ3) is 1.26. The van der Waals surface area contributed by atoms with Crippen LogP contribution in [0.3, 0.4) is 0 Å². The topological polar surface area (TPSA) is 23.8 Å². The molecule has 2 aromatic heterocycles. The Morgan fingerprint density at radius 2 is 1.73 bits per heavy atom. The average Bonchev–Trinajstić information content (AvgIpc) is 2.78. The van der Waals surface area contributed by atoms with Crippen molar-refractivity contribution in [1.29, 1.82) is 5.26 Å². The van der Waals surface area contributed by atoms with Crippen LogP contribution in [0.15, 0.2) is 24.3 Å². The van der Waals surface area contributed by atoms with Crippen LogP contribution in [-0.4, -0.2) is 0 Å². The van der Waals surface area contributed by atoms with Crippen LogP contribution in [-0.2, 0) is 0 Å². The molecule has 2 heterocycles. The maximum atomic E-state index is 8.88. The third-order valence-electron chi connectivity index (χ3n) is 2.43. The fraction of sp³-hybridized carbons (Fsp3) is 0.0833. The van der Waals surface area contributed by atoms with E-state index in [1.165, 1.54) is 25.0 Å². The van der Waals surface area contributed by atoms with Crippen LogP contribution in [0.25, 0.3) is 20.2 Å². The molecular formula is C12H7NS2. The molecular weight excluding hydrogens is 222 g/mol. The number of aryl methyl sites for hydroxylation is 1. The van der Waals surface area contributed by atoms with Crippen LogP contribution < -0.4 is 0 Å². The summed E-state index contributed by atoms with van der Waals surface area (Å²) in [6.45, 7) is 2.12. The number of nitriles is 1. The highest BCUT2D eigenvalue weighted by atomic mass is 32.1. The molecule has 1 aromatic carbocycles. The first-order valence-corrected chi connectivity index (χ1v) is 6.24. The van der Waals surface area contributed by atoms with E-state index < -0.39 is 0 Å². The predicted octanol–water partition coefficient (Wildman–Crippen LogP) is 4.30. The largest absolute Gasteiger partial charge is 0.192 e. The third-order valence-corrected chi connectivity index (χ3v) is 4.45. The van der Waals surface area contributed by atoms with Crippen molar-refractivity contribution in [3.63, 3.8) is 0 Å². The van der Waals surface area contributed by atoms with Gasteiger partial charge in [-0.1, -0.05) is 0 Å². The number of benzene rings is 1. The normalized spacial score (nSPS) is 10.9. The highest BCUT2D eigenvalue weighted by Crippen LogP contribution is 2.35. The second-order valence-corrected chi connectivity index (χ2v) is 5.84. The SMILES string of the molecule is Cc1cc2c(ccc3sc(C#N)cc32)s1. The Balaban J connectivity index is 2.53. The zero-order chi connectivity index (χ0) is 10.4. The summed E-state index contributed by atoms with van der Waals surface area (Å²) < 4.78 is 2.51. The summed E-state index contributed by atoms with van der Waals surface area (Å²) in [6.07, 6.45) is 0. The molecule has 0 bridgehead atoms. The summed E-state index contributed by atoms with van der Waals surface area (Å²) in [7, 11) is 0. The quantitative estimate of drug-likeness (QED) is 0.564. The summed E-state index contributed by atoms with van der Waals surface area (Å²) in [6, 6.07) is 10.7. The second-order valence-electron chi connectivity index (χ2n) is 3.47. The number of rotatable bonds is 0. The lowest BCUT2D eigenvalue weighted by Gasteiger charge is -1.90. The lowest BCUT2D eigenvalue weighted by molar-refractivity contribution is 1.52. The number of hydrogen-bond acceptors (Lipinski definition) is 3. The highest BCUT2D eigenvalue weighted by molar-refractivity contribution is 7.21. The van der Waals surface area contributed by atoms with Gasteiger partial charge in [-0.15, -0.1) is 22.7 Å². The van der Waals surface area contributed by atoms with Gasteiger partial charge >= 0.3 is 0 Å². The smallest absolute Gasteiger partial charge is 0.110 e. The number of thiophene rings is 2. The number of fused-ring (bicyclic) bond motifs is 3. The second kappa shape index (κ2) is 3.06. The Bertz CT molecular complexity index is 697. The van der Waals surface area contributed by atoms with E-state index in [9.17, 15) is 0 Å². The molecule has 15 heavy (non-hydrogen) atoms. The molecule has 0 N–H and O–H groups in total. The van der Waals surface area contributed by atoms with Crippen LogP contribution >= 0.6 is 22.7 Å². The average molecular weight is 229 g/mol. The van der Waals surface area contributed by atoms with Crippen molar-refractivity contribution < 1.29 is 0 Å². The lowest BCUT2D eigenvalue weighted by Crippen LogP contribution is -1.63. The molecule has 0 aliphatic carbocycles. The van der Waals surface area contributed by atoms with Crippen LogP contribution in [0.1, 0.15) is 9.75 Å². The van der Waals surface area contributed by atoms with E-state index >= 15 is 0 Å². The van der Waals surface area contributed by atoms with Gasteiger partial charge in [-0.05, 0) is 31.2 Å². The molecule has 0 aliphatic rings. The Morgan fingerprint density at radius 3 is 2.47 bits per heavy atom. The zero-order valence-corrected chi connectivity index (χ0v) is 9.71. The summed E-state index contributed by atoms with van der Waals surface area (Å²) in [5, 5.41) is 11.4. The fourth-order valence-electron chi connectivity index (χ4n) is 1.81. The van der Waals surface area contributed by atoms with Crippen LogP contribution in [0.2, 0.25) is 0 Å². The fourth-order valence-corrected chi connectivity index (χ4v) is 3.63. The van der Waals surface area contributed by atoms with Crippen LogP contribution in [0, 0.1) is 18.3 Å². The van der Waals surface area contributed by atoms with Gasteiger partial charge in [0.15, 0.2) is 0 Å².